The van der Waals surface area contributed by atoms with Crippen molar-refractivity contribution in [2.24, 2.45) is 5.73 Å². The fourth-order valence-electron chi connectivity index (χ4n) is 0.164. The zero-order valence-corrected chi connectivity index (χ0v) is 5.24. The van der Waals surface area contributed by atoms with Crippen molar-refractivity contribution >= 4 is 10.1 Å². The largest absolute Gasteiger partial charge is 0.746 e. The van der Waals surface area contributed by atoms with Gasteiger partial charge in [0.25, 0.3) is 0 Å². The first kappa shape index (κ1) is 9.66. The zero-order chi connectivity index (χ0) is 8.58. The molecule has 0 bridgehead atoms. The molecule has 0 aliphatic rings. The summed E-state index contributed by atoms with van der Waals surface area (Å²) in [4.78, 5) is 0. The first-order chi connectivity index (χ1) is 4.15. The topological polar surface area (TPSA) is 83.2 Å². The predicted molar refractivity (Wildman–Crippen MR) is 23.7 cm³/mol. The third-order valence-electron chi connectivity index (χ3n) is 0.634. The van der Waals surface area contributed by atoms with Crippen molar-refractivity contribution in [1.82, 2.24) is 0 Å². The number of hydrogen-bond donors (Lipinski definition) is 1. The van der Waals surface area contributed by atoms with E-state index in [0.29, 0.717) is 0 Å². The molecule has 1 atom stereocenters. The van der Waals surface area contributed by atoms with Gasteiger partial charge in [-0.2, -0.15) is 13.2 Å². The summed E-state index contributed by atoms with van der Waals surface area (Å²) in [7, 11) is -5.46. The highest BCUT2D eigenvalue weighted by Crippen LogP contribution is 2.20. The Kier molecular flexibility index (Phi) is 2.28. The summed E-state index contributed by atoms with van der Waals surface area (Å²) < 4.78 is 62.5. The fourth-order valence-corrected chi connectivity index (χ4v) is 0.491. The first-order valence-corrected chi connectivity index (χ1v) is 3.40. The van der Waals surface area contributed by atoms with Crippen molar-refractivity contribution in [2.75, 3.05) is 0 Å². The van der Waals surface area contributed by atoms with Crippen LogP contribution in [-0.4, -0.2) is 24.5 Å². The van der Waals surface area contributed by atoms with Gasteiger partial charge in [0, 0.05) is 0 Å². The Morgan fingerprint density at radius 1 is 1.40 bits per heavy atom. The van der Waals surface area contributed by atoms with Crippen molar-refractivity contribution < 1.29 is 26.1 Å². The van der Waals surface area contributed by atoms with Crippen LogP contribution in [-0.2, 0) is 10.1 Å². The summed E-state index contributed by atoms with van der Waals surface area (Å²) >= 11 is 0. The van der Waals surface area contributed by atoms with Crippen molar-refractivity contribution in [3.05, 3.63) is 0 Å². The van der Waals surface area contributed by atoms with E-state index < -0.39 is 21.7 Å². The molecule has 0 heterocycles. The number of rotatable bonds is 1. The minimum atomic E-state index is -5.46. The van der Waals surface area contributed by atoms with Gasteiger partial charge in [0.15, 0.2) is 5.37 Å². The van der Waals surface area contributed by atoms with Crippen LogP contribution in [0.5, 0.6) is 0 Å². The van der Waals surface area contributed by atoms with Crippen molar-refractivity contribution in [3.8, 4) is 0 Å². The summed E-state index contributed by atoms with van der Waals surface area (Å²) in [6.07, 6.45) is -5.18. The molecule has 0 aliphatic heterocycles. The third-order valence-corrected chi connectivity index (χ3v) is 1.52. The predicted octanol–water partition coefficient (Wildman–Crippen LogP) is -0.621. The second-order valence-electron chi connectivity index (χ2n) is 1.46. The maximum absolute atomic E-state index is 11.2. The normalized spacial score (nSPS) is 16.9. The minimum Gasteiger partial charge on any atom is -0.746 e. The highest BCUT2D eigenvalue weighted by molar-refractivity contribution is 7.86. The molecular formula is C2H3F3NO3S-. The second kappa shape index (κ2) is 2.36. The molecule has 0 saturated heterocycles. The molecule has 10 heavy (non-hydrogen) atoms. The molecule has 8 heteroatoms. The van der Waals surface area contributed by atoms with E-state index in [9.17, 15) is 26.1 Å². The maximum Gasteiger partial charge on any atom is 0.416 e. The number of alkyl halides is 3. The number of halogens is 3. The van der Waals surface area contributed by atoms with Crippen LogP contribution in [0.15, 0.2) is 0 Å². The SMILES string of the molecule is NC(C(F)(F)F)S(=O)(=O)[O-]. The van der Waals surface area contributed by atoms with E-state index in [-0.39, 0.29) is 0 Å². The quantitative estimate of drug-likeness (QED) is 0.542. The van der Waals surface area contributed by atoms with E-state index in [1.165, 1.54) is 0 Å². The Balaban J connectivity index is 4.56. The van der Waals surface area contributed by atoms with Crippen LogP contribution in [0.4, 0.5) is 13.2 Å². The van der Waals surface area contributed by atoms with Crippen LogP contribution in [0.1, 0.15) is 0 Å². The summed E-state index contributed by atoms with van der Waals surface area (Å²) in [5, 5.41) is -3.32. The highest BCUT2D eigenvalue weighted by Gasteiger charge is 2.41. The first-order valence-electron chi connectivity index (χ1n) is 1.92. The van der Waals surface area contributed by atoms with E-state index in [4.69, 9.17) is 0 Å². The van der Waals surface area contributed by atoms with Gasteiger partial charge in [0.05, 0.1) is 0 Å². The molecule has 0 radical (unpaired) electrons. The van der Waals surface area contributed by atoms with Gasteiger partial charge in [-0.1, -0.05) is 0 Å². The van der Waals surface area contributed by atoms with Crippen LogP contribution in [0.25, 0.3) is 0 Å². The molecule has 0 amide bonds. The lowest BCUT2D eigenvalue weighted by molar-refractivity contribution is -0.130. The molecule has 2 N–H and O–H groups in total. The maximum atomic E-state index is 11.2. The van der Waals surface area contributed by atoms with Crippen LogP contribution >= 0.6 is 0 Å². The average molecular weight is 178 g/mol. The molecule has 4 nitrogen and oxygen atoms in total. The summed E-state index contributed by atoms with van der Waals surface area (Å²) in [6, 6.07) is 0. The summed E-state index contributed by atoms with van der Waals surface area (Å²) in [5.74, 6) is 0. The monoisotopic (exact) mass is 178 g/mol. The number of hydrogen-bond acceptors (Lipinski definition) is 4. The van der Waals surface area contributed by atoms with Crippen LogP contribution in [0, 0.1) is 0 Å². The third kappa shape index (κ3) is 2.50. The Morgan fingerprint density at radius 2 is 1.70 bits per heavy atom. The standard InChI is InChI=1S/C2H4F3NO3S/c3-2(4,5)1(6)10(7,8)9/h1H,6H2,(H,7,8,9)/p-1. The second-order valence-corrected chi connectivity index (χ2v) is 2.95. The average Bonchev–Trinajstić information content (AvgIpc) is 1.59. The molecule has 0 aromatic heterocycles. The van der Waals surface area contributed by atoms with E-state index >= 15 is 0 Å². The molecule has 0 rings (SSSR count). The van der Waals surface area contributed by atoms with Crippen molar-refractivity contribution in [2.45, 2.75) is 11.6 Å². The van der Waals surface area contributed by atoms with Gasteiger partial charge in [-0.25, -0.2) is 8.42 Å². The lowest BCUT2D eigenvalue weighted by Crippen LogP contribution is -2.43. The smallest absolute Gasteiger partial charge is 0.416 e. The fraction of sp³-hybridized carbons (Fsp3) is 1.00. The molecule has 0 fully saturated rings. The van der Waals surface area contributed by atoms with Crippen molar-refractivity contribution in [3.63, 3.8) is 0 Å². The van der Waals surface area contributed by atoms with Crippen molar-refractivity contribution in [1.29, 1.82) is 0 Å². The van der Waals surface area contributed by atoms with Gasteiger partial charge in [-0.15, -0.1) is 0 Å². The Morgan fingerprint density at radius 3 is 1.70 bits per heavy atom. The Hall–Kier alpha value is -0.340. The molecule has 0 saturated carbocycles. The van der Waals surface area contributed by atoms with Gasteiger partial charge in [-0.3, -0.25) is 0 Å². The zero-order valence-electron chi connectivity index (χ0n) is 4.42. The molecule has 0 spiro atoms. The Bertz CT molecular complexity index is 206. The van der Waals surface area contributed by atoms with Gasteiger partial charge in [0.1, 0.15) is 10.1 Å². The van der Waals surface area contributed by atoms with Gasteiger partial charge in [0.2, 0.25) is 0 Å². The van der Waals surface area contributed by atoms with E-state index in [2.05, 4.69) is 5.73 Å². The lowest BCUT2D eigenvalue weighted by Gasteiger charge is -2.18. The molecular weight excluding hydrogens is 175 g/mol. The van der Waals surface area contributed by atoms with Gasteiger partial charge < -0.3 is 10.3 Å². The number of nitrogens with two attached hydrogens (primary N) is 1. The minimum absolute atomic E-state index is 3.32. The summed E-state index contributed by atoms with van der Waals surface area (Å²) in [6.45, 7) is 0. The van der Waals surface area contributed by atoms with E-state index in [1.807, 2.05) is 0 Å². The van der Waals surface area contributed by atoms with E-state index in [0.717, 1.165) is 0 Å². The molecule has 1 unspecified atom stereocenters. The lowest BCUT2D eigenvalue weighted by atomic mass is 10.7. The summed E-state index contributed by atoms with van der Waals surface area (Å²) in [5.41, 5.74) is 4.00. The Labute approximate surface area is 54.6 Å². The molecule has 62 valence electrons. The van der Waals surface area contributed by atoms with Crippen LogP contribution < -0.4 is 5.73 Å². The van der Waals surface area contributed by atoms with Gasteiger partial charge >= 0.3 is 6.18 Å². The van der Waals surface area contributed by atoms with E-state index in [1.54, 1.807) is 0 Å². The molecule has 0 aromatic carbocycles. The molecule has 0 aromatic rings. The van der Waals surface area contributed by atoms with Gasteiger partial charge in [-0.05, 0) is 0 Å². The molecule has 0 aliphatic carbocycles. The highest BCUT2D eigenvalue weighted by atomic mass is 32.2. The van der Waals surface area contributed by atoms with Crippen LogP contribution in [0.3, 0.4) is 0 Å². The van der Waals surface area contributed by atoms with Crippen LogP contribution in [0.2, 0.25) is 0 Å².